The number of rotatable bonds is 12. The van der Waals surface area contributed by atoms with E-state index in [1.807, 2.05) is 30.5 Å². The molecule has 0 spiro atoms. The summed E-state index contributed by atoms with van der Waals surface area (Å²) in [6, 6.07) is 19.7. The molecule has 6 heteroatoms. The van der Waals surface area contributed by atoms with Crippen molar-refractivity contribution in [1.29, 1.82) is 0 Å². The van der Waals surface area contributed by atoms with E-state index < -0.39 is 23.8 Å². The average molecular weight is 506 g/mol. The van der Waals surface area contributed by atoms with Gasteiger partial charge < -0.3 is 15.3 Å². The molecule has 0 fully saturated rings. The lowest BCUT2D eigenvalue weighted by molar-refractivity contribution is 0.0433. The van der Waals surface area contributed by atoms with Crippen LogP contribution in [0, 0.1) is 11.6 Å². The number of nitrogens with one attached hydrogen (secondary N) is 2. The van der Waals surface area contributed by atoms with Gasteiger partial charge in [-0.25, -0.2) is 8.78 Å². The van der Waals surface area contributed by atoms with Gasteiger partial charge in [0.25, 0.3) is 0 Å². The van der Waals surface area contributed by atoms with Crippen LogP contribution >= 0.6 is 0 Å². The third kappa shape index (κ3) is 7.04. The maximum absolute atomic E-state index is 14.1. The van der Waals surface area contributed by atoms with Gasteiger partial charge in [-0.2, -0.15) is 0 Å². The Morgan fingerprint density at radius 2 is 1.68 bits per heavy atom. The molecule has 0 aliphatic carbocycles. The molecule has 1 unspecified atom stereocenters. The zero-order chi connectivity index (χ0) is 26.2. The molecule has 0 aromatic heterocycles. The van der Waals surface area contributed by atoms with Crippen molar-refractivity contribution < 1.29 is 13.9 Å². The molecule has 0 saturated carbocycles. The van der Waals surface area contributed by atoms with E-state index in [1.165, 1.54) is 17.7 Å². The first-order valence-electron chi connectivity index (χ1n) is 13.2. The van der Waals surface area contributed by atoms with Crippen LogP contribution < -0.4 is 10.6 Å². The van der Waals surface area contributed by atoms with Crippen LogP contribution in [0.3, 0.4) is 0 Å². The van der Waals surface area contributed by atoms with E-state index in [9.17, 15) is 13.9 Å². The molecule has 37 heavy (non-hydrogen) atoms. The topological polar surface area (TPSA) is 47.5 Å². The van der Waals surface area contributed by atoms with E-state index in [0.29, 0.717) is 25.1 Å². The van der Waals surface area contributed by atoms with Gasteiger partial charge in [-0.3, -0.25) is 5.32 Å². The average Bonchev–Trinajstić information content (AvgIpc) is 2.90. The van der Waals surface area contributed by atoms with Crippen LogP contribution in [0.1, 0.15) is 54.3 Å². The Kier molecular flexibility index (Phi) is 9.45. The van der Waals surface area contributed by atoms with Crippen molar-refractivity contribution >= 4 is 6.08 Å². The molecule has 3 N–H and O–H groups in total. The summed E-state index contributed by atoms with van der Waals surface area (Å²) in [6.07, 6.45) is 5.29. The zero-order valence-electron chi connectivity index (χ0n) is 21.6. The van der Waals surface area contributed by atoms with Gasteiger partial charge in [0.1, 0.15) is 17.8 Å². The Morgan fingerprint density at radius 1 is 0.919 bits per heavy atom. The van der Waals surface area contributed by atoms with Crippen molar-refractivity contribution in [2.24, 2.45) is 0 Å². The van der Waals surface area contributed by atoms with E-state index in [2.05, 4.69) is 59.7 Å². The summed E-state index contributed by atoms with van der Waals surface area (Å²) in [5, 5.41) is 18.5. The van der Waals surface area contributed by atoms with E-state index in [-0.39, 0.29) is 6.17 Å². The van der Waals surface area contributed by atoms with Crippen LogP contribution in [0.25, 0.3) is 6.08 Å². The number of benzene rings is 3. The van der Waals surface area contributed by atoms with Crippen LogP contribution in [-0.4, -0.2) is 35.2 Å². The molecule has 196 valence electrons. The molecule has 0 saturated heterocycles. The van der Waals surface area contributed by atoms with Crippen LogP contribution in [-0.2, 0) is 19.4 Å². The summed E-state index contributed by atoms with van der Waals surface area (Å²) in [4.78, 5) is 2.10. The van der Waals surface area contributed by atoms with Gasteiger partial charge in [0.15, 0.2) is 0 Å². The Hall–Kier alpha value is -3.06. The fraction of sp³-hybridized carbons (Fsp3) is 0.355. The number of fused-ring (bicyclic) bond motifs is 1. The van der Waals surface area contributed by atoms with Gasteiger partial charge in [-0.05, 0) is 71.8 Å². The lowest BCUT2D eigenvalue weighted by Gasteiger charge is -2.43. The molecule has 1 heterocycles. The predicted octanol–water partition coefficient (Wildman–Crippen LogP) is 5.57. The van der Waals surface area contributed by atoms with Crippen LogP contribution in [0.2, 0.25) is 0 Å². The van der Waals surface area contributed by atoms with Gasteiger partial charge in [-0.1, -0.05) is 62.4 Å². The van der Waals surface area contributed by atoms with Crippen LogP contribution in [0.5, 0.6) is 0 Å². The molecule has 0 radical (unpaired) electrons. The number of halogens is 2. The first kappa shape index (κ1) is 27.0. The highest BCUT2D eigenvalue weighted by molar-refractivity contribution is 5.57. The molecule has 3 atom stereocenters. The van der Waals surface area contributed by atoms with Crippen molar-refractivity contribution in [2.75, 3.05) is 13.1 Å². The van der Waals surface area contributed by atoms with Crippen molar-refractivity contribution in [3.63, 3.8) is 0 Å². The summed E-state index contributed by atoms with van der Waals surface area (Å²) in [6.45, 7) is 6.01. The number of aliphatic hydroxyl groups excluding tert-OH is 1. The third-order valence-corrected chi connectivity index (χ3v) is 6.88. The van der Waals surface area contributed by atoms with E-state index in [1.54, 1.807) is 0 Å². The second-order valence-electron chi connectivity index (χ2n) is 9.67. The molecule has 1 aliphatic heterocycles. The SMILES string of the molecule is CCCNC1c2ccccc2C=CN1[C@@H](Cc1cc(F)cc(F)c1)[C@H](O)CNCc1cccc(CC)c1. The normalized spacial score (nSPS) is 16.5. The highest BCUT2D eigenvalue weighted by Crippen LogP contribution is 2.32. The van der Waals surface area contributed by atoms with Crippen LogP contribution in [0.4, 0.5) is 8.78 Å². The maximum Gasteiger partial charge on any atom is 0.126 e. The fourth-order valence-corrected chi connectivity index (χ4v) is 4.99. The summed E-state index contributed by atoms with van der Waals surface area (Å²) in [7, 11) is 0. The molecule has 0 amide bonds. The largest absolute Gasteiger partial charge is 0.390 e. The van der Waals surface area contributed by atoms with Crippen molar-refractivity contribution in [2.45, 2.75) is 58.0 Å². The lowest BCUT2D eigenvalue weighted by Crippen LogP contribution is -2.51. The summed E-state index contributed by atoms with van der Waals surface area (Å²) >= 11 is 0. The van der Waals surface area contributed by atoms with Crippen molar-refractivity contribution in [3.05, 3.63) is 112 Å². The van der Waals surface area contributed by atoms with Gasteiger partial charge in [0.05, 0.1) is 12.1 Å². The molecule has 4 nitrogen and oxygen atoms in total. The van der Waals surface area contributed by atoms with Crippen molar-refractivity contribution in [3.8, 4) is 0 Å². The molecule has 3 aromatic carbocycles. The lowest BCUT2D eigenvalue weighted by atomic mass is 9.94. The van der Waals surface area contributed by atoms with Gasteiger partial charge in [-0.15, -0.1) is 0 Å². The second-order valence-corrected chi connectivity index (χ2v) is 9.67. The molecule has 3 aromatic rings. The molecule has 0 bridgehead atoms. The van der Waals surface area contributed by atoms with Gasteiger partial charge in [0.2, 0.25) is 0 Å². The Labute approximate surface area is 219 Å². The smallest absolute Gasteiger partial charge is 0.126 e. The van der Waals surface area contributed by atoms with E-state index >= 15 is 0 Å². The van der Waals surface area contributed by atoms with Gasteiger partial charge >= 0.3 is 0 Å². The molecule has 4 rings (SSSR count). The minimum absolute atomic E-state index is 0.166. The second kappa shape index (κ2) is 13.0. The van der Waals surface area contributed by atoms with E-state index in [0.717, 1.165) is 42.1 Å². The standard InChI is InChI=1S/C31H37F2N3O/c1-3-13-35-31-28-11-6-5-10-25(28)12-14-36(31)29(18-24-16-26(32)19-27(33)17-24)30(37)21-34-20-23-9-7-8-22(4-2)15-23/h5-12,14-17,19,29-31,34-35,37H,3-4,13,18,20-21H2,1-2H3/t29-,30+,31?/m0/s1. The third-order valence-electron chi connectivity index (χ3n) is 6.88. The first-order chi connectivity index (χ1) is 18.0. The quantitative estimate of drug-likeness (QED) is 0.301. The minimum Gasteiger partial charge on any atom is -0.390 e. The highest BCUT2D eigenvalue weighted by Gasteiger charge is 2.33. The predicted molar refractivity (Wildman–Crippen MR) is 146 cm³/mol. The number of hydrogen-bond donors (Lipinski definition) is 3. The molecule has 1 aliphatic rings. The maximum atomic E-state index is 14.1. The van der Waals surface area contributed by atoms with Crippen molar-refractivity contribution in [1.82, 2.24) is 15.5 Å². The Morgan fingerprint density at radius 3 is 2.43 bits per heavy atom. The first-order valence-corrected chi connectivity index (χ1v) is 13.2. The van der Waals surface area contributed by atoms with Gasteiger partial charge in [0, 0.05) is 25.4 Å². The number of hydrogen-bond acceptors (Lipinski definition) is 4. The zero-order valence-corrected chi connectivity index (χ0v) is 21.6. The van der Waals surface area contributed by atoms with Crippen LogP contribution in [0.15, 0.2) is 72.9 Å². The highest BCUT2D eigenvalue weighted by atomic mass is 19.1. The number of aliphatic hydroxyl groups is 1. The summed E-state index contributed by atoms with van der Waals surface area (Å²) < 4.78 is 28.1. The number of nitrogens with zero attached hydrogens (tertiary/aromatic N) is 1. The fourth-order valence-electron chi connectivity index (χ4n) is 4.99. The summed E-state index contributed by atoms with van der Waals surface area (Å²) in [5.41, 5.74) is 5.17. The number of aryl methyl sites for hydroxylation is 1. The summed E-state index contributed by atoms with van der Waals surface area (Å²) in [5.74, 6) is -1.23. The van der Waals surface area contributed by atoms with E-state index in [4.69, 9.17) is 0 Å². The minimum atomic E-state index is -0.790. The Balaban J connectivity index is 1.58. The Bertz CT molecular complexity index is 1180. The molecular weight excluding hydrogens is 468 g/mol. The monoisotopic (exact) mass is 505 g/mol. The molecular formula is C31H37F2N3O.